The molecule has 54 heavy (non-hydrogen) atoms. The number of hydrogen-bond acceptors (Lipinski definition) is 15. The molecule has 4 amide bonds. The van der Waals surface area contributed by atoms with Crippen LogP contribution < -0.4 is 0 Å². The van der Waals surface area contributed by atoms with Gasteiger partial charge in [-0.25, -0.2) is 9.59 Å². The molecule has 3 atom stereocenters. The lowest BCUT2D eigenvalue weighted by atomic mass is 10.0. The monoisotopic (exact) mass is 774 g/mol. The molecule has 2 aliphatic heterocycles. The molecule has 0 aromatic carbocycles. The highest BCUT2D eigenvalue weighted by Crippen LogP contribution is 2.23. The summed E-state index contributed by atoms with van der Waals surface area (Å²) in [7, 11) is 0. The minimum Gasteiger partial charge on any atom is -0.462 e. The van der Waals surface area contributed by atoms with Gasteiger partial charge < -0.3 is 38.1 Å². The Morgan fingerprint density at radius 3 is 1.46 bits per heavy atom. The smallest absolute Gasteiger partial charge is 0.364 e. The van der Waals surface area contributed by atoms with Gasteiger partial charge in [0.25, 0.3) is 23.6 Å². The quantitative estimate of drug-likeness (QED) is 0.0402. The fraction of sp³-hybridized carbons (Fsp3) is 0.757. The van der Waals surface area contributed by atoms with Crippen LogP contribution in [-0.4, -0.2) is 122 Å². The van der Waals surface area contributed by atoms with Crippen molar-refractivity contribution >= 4 is 41.5 Å². The van der Waals surface area contributed by atoms with E-state index in [4.69, 9.17) is 33.3 Å². The van der Waals surface area contributed by atoms with E-state index in [1.807, 2.05) is 34.6 Å². The number of ether oxygens (including phenoxy) is 6. The first-order valence-corrected chi connectivity index (χ1v) is 18.7. The molecule has 0 bridgehead atoms. The number of hydroxylamine groups is 4. The van der Waals surface area contributed by atoms with E-state index in [0.29, 0.717) is 56.0 Å². The predicted octanol–water partition coefficient (Wildman–Crippen LogP) is 3.94. The molecular formula is C37H62N2O15. The number of hydrogen-bond donors (Lipinski definition) is 0. The van der Waals surface area contributed by atoms with Crippen molar-refractivity contribution in [1.29, 1.82) is 0 Å². The number of rotatable bonds is 26. The van der Waals surface area contributed by atoms with Gasteiger partial charge in [0, 0.05) is 52.1 Å². The summed E-state index contributed by atoms with van der Waals surface area (Å²) in [4.78, 5) is 91.6. The average Bonchev–Trinajstić information content (AvgIpc) is 3.64. The number of imide groups is 2. The molecule has 0 radical (unpaired) electrons. The number of carbonyl (C=O) groups excluding carboxylic acids is 7. The molecule has 0 aliphatic carbocycles. The highest BCUT2D eigenvalue weighted by Gasteiger charge is 2.41. The SMILES string of the molecule is C=C.CCCOCC(COC(=O)CC(=O)ON1C(=O)CCC1=O)OCCC.CCCOCC(COC(C)(CCC)C(=O)ON1C(=O)CCC1=O)OCCC. The summed E-state index contributed by atoms with van der Waals surface area (Å²) >= 11 is 0. The molecule has 0 aromatic heterocycles. The number of nitrogens with zero attached hydrogens (tertiary/aromatic N) is 2. The minimum atomic E-state index is -1.28. The van der Waals surface area contributed by atoms with E-state index in [2.05, 4.69) is 18.0 Å². The third kappa shape index (κ3) is 20.1. The Hall–Kier alpha value is -3.77. The first-order chi connectivity index (χ1) is 25.8. The Balaban J connectivity index is 0.000000997. The summed E-state index contributed by atoms with van der Waals surface area (Å²) in [5, 5.41) is 0.941. The Morgan fingerprint density at radius 1 is 0.611 bits per heavy atom. The summed E-state index contributed by atoms with van der Waals surface area (Å²) in [5.74, 6) is -4.84. The van der Waals surface area contributed by atoms with Crippen molar-refractivity contribution in [3.05, 3.63) is 13.2 Å². The van der Waals surface area contributed by atoms with E-state index in [-0.39, 0.29) is 51.6 Å². The van der Waals surface area contributed by atoms with E-state index in [1.165, 1.54) is 0 Å². The van der Waals surface area contributed by atoms with Gasteiger partial charge in [-0.2, -0.15) is 0 Å². The van der Waals surface area contributed by atoms with Crippen molar-refractivity contribution in [2.45, 2.75) is 130 Å². The fourth-order valence-corrected chi connectivity index (χ4v) is 4.55. The lowest BCUT2D eigenvalue weighted by molar-refractivity contribution is -0.216. The van der Waals surface area contributed by atoms with Crippen LogP contribution in [0.25, 0.3) is 0 Å². The van der Waals surface area contributed by atoms with Crippen molar-refractivity contribution in [2.24, 2.45) is 0 Å². The molecule has 2 heterocycles. The summed E-state index contributed by atoms with van der Waals surface area (Å²) in [5.41, 5.74) is -1.28. The molecule has 0 N–H and O–H groups in total. The van der Waals surface area contributed by atoms with Crippen LogP contribution in [0.2, 0.25) is 0 Å². The van der Waals surface area contributed by atoms with E-state index in [9.17, 15) is 33.6 Å². The van der Waals surface area contributed by atoms with Gasteiger partial charge in [-0.15, -0.1) is 23.3 Å². The molecular weight excluding hydrogens is 712 g/mol. The molecule has 2 saturated heterocycles. The summed E-state index contributed by atoms with van der Waals surface area (Å²) in [6.07, 6.45) is 3.14. The van der Waals surface area contributed by atoms with Crippen molar-refractivity contribution in [3.63, 3.8) is 0 Å². The van der Waals surface area contributed by atoms with Gasteiger partial charge in [0.2, 0.25) is 0 Å². The van der Waals surface area contributed by atoms with Gasteiger partial charge in [-0.3, -0.25) is 24.0 Å². The van der Waals surface area contributed by atoms with E-state index >= 15 is 0 Å². The maximum Gasteiger partial charge on any atom is 0.364 e. The molecule has 0 aromatic rings. The fourth-order valence-electron chi connectivity index (χ4n) is 4.55. The van der Waals surface area contributed by atoms with Gasteiger partial charge >= 0.3 is 17.9 Å². The molecule has 2 fully saturated rings. The van der Waals surface area contributed by atoms with Crippen LogP contribution in [0.3, 0.4) is 0 Å². The third-order valence-electron chi connectivity index (χ3n) is 7.26. The maximum atomic E-state index is 12.6. The van der Waals surface area contributed by atoms with Gasteiger partial charge in [-0.1, -0.05) is 41.0 Å². The van der Waals surface area contributed by atoms with Crippen molar-refractivity contribution in [2.75, 3.05) is 52.9 Å². The second kappa shape index (κ2) is 29.6. The number of esters is 1. The average molecular weight is 775 g/mol. The van der Waals surface area contributed by atoms with Crippen LogP contribution in [0.1, 0.15) is 112 Å². The Morgan fingerprint density at radius 2 is 1.04 bits per heavy atom. The highest BCUT2D eigenvalue weighted by molar-refractivity contribution is 6.03. The normalized spacial score (nSPS) is 16.1. The van der Waals surface area contributed by atoms with Crippen molar-refractivity contribution in [3.8, 4) is 0 Å². The topological polar surface area (TPSA) is 200 Å². The molecule has 17 heteroatoms. The van der Waals surface area contributed by atoms with Crippen LogP contribution in [0.4, 0.5) is 0 Å². The van der Waals surface area contributed by atoms with Crippen LogP contribution in [0, 0.1) is 0 Å². The first-order valence-electron chi connectivity index (χ1n) is 18.7. The lowest BCUT2D eigenvalue weighted by Crippen LogP contribution is -2.46. The second-order valence-electron chi connectivity index (χ2n) is 12.3. The zero-order chi connectivity index (χ0) is 40.9. The zero-order valence-electron chi connectivity index (χ0n) is 33.0. The molecule has 3 unspecified atom stereocenters. The summed E-state index contributed by atoms with van der Waals surface area (Å²) < 4.78 is 33.0. The zero-order valence-corrected chi connectivity index (χ0v) is 33.0. The Labute approximate surface area is 319 Å². The van der Waals surface area contributed by atoms with Crippen LogP contribution in [0.15, 0.2) is 13.2 Å². The van der Waals surface area contributed by atoms with Crippen molar-refractivity contribution < 1.29 is 71.7 Å². The molecule has 17 nitrogen and oxygen atoms in total. The van der Waals surface area contributed by atoms with Crippen molar-refractivity contribution in [1.82, 2.24) is 10.1 Å². The van der Waals surface area contributed by atoms with Crippen LogP contribution >= 0.6 is 0 Å². The number of amides is 4. The molecule has 2 aliphatic rings. The number of carbonyl (C=O) groups is 7. The largest absolute Gasteiger partial charge is 0.462 e. The van der Waals surface area contributed by atoms with E-state index in [1.54, 1.807) is 6.92 Å². The Kier molecular flexibility index (Phi) is 27.5. The van der Waals surface area contributed by atoms with Gasteiger partial charge in [-0.05, 0) is 39.0 Å². The molecule has 0 spiro atoms. The van der Waals surface area contributed by atoms with E-state index in [0.717, 1.165) is 25.7 Å². The Bertz CT molecular complexity index is 1130. The predicted molar refractivity (Wildman–Crippen MR) is 193 cm³/mol. The molecule has 0 saturated carbocycles. The van der Waals surface area contributed by atoms with Gasteiger partial charge in [0.15, 0.2) is 5.60 Å². The van der Waals surface area contributed by atoms with Crippen LogP contribution in [-0.2, 0) is 71.7 Å². The highest BCUT2D eigenvalue weighted by atomic mass is 16.7. The second-order valence-corrected chi connectivity index (χ2v) is 12.3. The van der Waals surface area contributed by atoms with Crippen LogP contribution in [0.5, 0.6) is 0 Å². The third-order valence-corrected chi connectivity index (χ3v) is 7.26. The molecule has 310 valence electrons. The van der Waals surface area contributed by atoms with Gasteiger partial charge in [0.05, 0.1) is 19.8 Å². The first kappa shape index (κ1) is 50.2. The lowest BCUT2D eigenvalue weighted by Gasteiger charge is -2.30. The summed E-state index contributed by atoms with van der Waals surface area (Å²) in [6, 6.07) is 0. The van der Waals surface area contributed by atoms with E-state index < -0.39 is 59.7 Å². The van der Waals surface area contributed by atoms with Gasteiger partial charge in [0.1, 0.15) is 25.2 Å². The maximum absolute atomic E-state index is 12.6. The minimum absolute atomic E-state index is 0.00916. The molecule has 2 rings (SSSR count). The standard InChI is InChI=1S/C19H33NO7.C16H25NO8.C2H4/c1-5-10-19(4,18(23)27-20-16(21)8-9-17(20)22)26-14-15(25-12-7-3)13-24-11-6-2;1-3-7-22-10-12(23-8-4-2)11-24-15(20)9-16(21)25-17-13(18)5-6-14(17)19;1-2/h15H,5-14H2,1-4H3;12H,3-11H2,1-2H3;1-2H2. The summed E-state index contributed by atoms with van der Waals surface area (Å²) in [6.45, 7) is 20.5.